The molecule has 6 heteroatoms. The van der Waals surface area contributed by atoms with E-state index in [9.17, 15) is 4.79 Å². The number of aryl methyl sites for hydroxylation is 2. The molecule has 0 fully saturated rings. The van der Waals surface area contributed by atoms with Gasteiger partial charge >= 0.3 is 0 Å². The summed E-state index contributed by atoms with van der Waals surface area (Å²) in [4.78, 5) is 23.4. The quantitative estimate of drug-likeness (QED) is 0.426. The lowest BCUT2D eigenvalue weighted by Gasteiger charge is -2.18. The number of pyridine rings is 2. The van der Waals surface area contributed by atoms with Crippen molar-refractivity contribution in [2.75, 3.05) is 16.8 Å². The third kappa shape index (κ3) is 4.55. The van der Waals surface area contributed by atoms with Gasteiger partial charge in [-0.25, -0.2) is 0 Å². The third-order valence-corrected chi connectivity index (χ3v) is 5.61. The number of amides is 1. The number of ether oxygens (including phenoxy) is 1. The van der Waals surface area contributed by atoms with Crippen LogP contribution in [0.1, 0.15) is 27.3 Å². The molecule has 0 saturated heterocycles. The zero-order valence-corrected chi connectivity index (χ0v) is 18.6. The average molecular weight is 437 g/mol. The third-order valence-electron chi connectivity index (χ3n) is 5.61. The number of rotatable bonds is 5. The molecule has 33 heavy (non-hydrogen) atoms. The van der Waals surface area contributed by atoms with Gasteiger partial charge in [0.15, 0.2) is 0 Å². The molecule has 4 aromatic rings. The second-order valence-electron chi connectivity index (χ2n) is 8.12. The van der Waals surface area contributed by atoms with Crippen molar-refractivity contribution in [3.8, 4) is 11.5 Å². The summed E-state index contributed by atoms with van der Waals surface area (Å²) in [7, 11) is 0. The molecule has 6 nitrogen and oxygen atoms in total. The van der Waals surface area contributed by atoms with Crippen molar-refractivity contribution in [1.82, 2.24) is 9.97 Å². The normalized spacial score (nSPS) is 12.4. The van der Waals surface area contributed by atoms with Crippen LogP contribution in [0, 0.1) is 13.8 Å². The molecule has 0 bridgehead atoms. The van der Waals surface area contributed by atoms with Crippen LogP contribution >= 0.6 is 0 Å². The van der Waals surface area contributed by atoms with Crippen LogP contribution in [0.25, 0.3) is 0 Å². The van der Waals surface area contributed by atoms with Gasteiger partial charge in [0, 0.05) is 59.0 Å². The SMILES string of the molecule is Cc1cc(Nc2ccc(C(=O)N3CCc4cc(Oc5ccnc(C)c5)ccc43)cc2)ccn1. The van der Waals surface area contributed by atoms with E-state index in [1.54, 1.807) is 12.4 Å². The highest BCUT2D eigenvalue weighted by Crippen LogP contribution is 2.34. The molecule has 1 amide bonds. The molecule has 1 aliphatic heterocycles. The monoisotopic (exact) mass is 436 g/mol. The molecule has 0 radical (unpaired) electrons. The molecule has 0 unspecified atom stereocenters. The summed E-state index contributed by atoms with van der Waals surface area (Å²) in [5.41, 5.74) is 6.45. The van der Waals surface area contributed by atoms with E-state index in [1.807, 2.05) is 85.5 Å². The topological polar surface area (TPSA) is 67.4 Å². The van der Waals surface area contributed by atoms with Crippen LogP contribution in [0.5, 0.6) is 11.5 Å². The van der Waals surface area contributed by atoms with Gasteiger partial charge in [-0.05, 0) is 86.5 Å². The fourth-order valence-electron chi connectivity index (χ4n) is 4.01. The molecule has 2 aromatic heterocycles. The molecule has 0 atom stereocenters. The fraction of sp³-hybridized carbons (Fsp3) is 0.148. The van der Waals surface area contributed by atoms with Crippen molar-refractivity contribution in [2.45, 2.75) is 20.3 Å². The summed E-state index contributed by atoms with van der Waals surface area (Å²) in [5.74, 6) is 1.51. The summed E-state index contributed by atoms with van der Waals surface area (Å²) >= 11 is 0. The van der Waals surface area contributed by atoms with E-state index in [-0.39, 0.29) is 5.91 Å². The number of carbonyl (C=O) groups is 1. The maximum atomic E-state index is 13.2. The van der Waals surface area contributed by atoms with E-state index in [4.69, 9.17) is 4.74 Å². The Labute approximate surface area is 192 Å². The molecule has 3 heterocycles. The Hall–Kier alpha value is -4.19. The molecule has 164 valence electrons. The second-order valence-corrected chi connectivity index (χ2v) is 8.12. The average Bonchev–Trinajstić information content (AvgIpc) is 3.22. The maximum absolute atomic E-state index is 13.2. The number of hydrogen-bond donors (Lipinski definition) is 1. The van der Waals surface area contributed by atoms with Crippen molar-refractivity contribution in [2.24, 2.45) is 0 Å². The molecule has 1 N–H and O–H groups in total. The van der Waals surface area contributed by atoms with Crippen LogP contribution in [0.15, 0.2) is 79.1 Å². The van der Waals surface area contributed by atoms with Crippen molar-refractivity contribution in [1.29, 1.82) is 0 Å². The highest BCUT2D eigenvalue weighted by molar-refractivity contribution is 6.07. The largest absolute Gasteiger partial charge is 0.457 e. The summed E-state index contributed by atoms with van der Waals surface area (Å²) < 4.78 is 5.98. The van der Waals surface area contributed by atoms with Crippen LogP contribution in [0.3, 0.4) is 0 Å². The number of anilines is 3. The summed E-state index contributed by atoms with van der Waals surface area (Å²) in [5, 5.41) is 3.34. The number of fused-ring (bicyclic) bond motifs is 1. The van der Waals surface area contributed by atoms with Crippen LogP contribution < -0.4 is 15.0 Å². The van der Waals surface area contributed by atoms with E-state index < -0.39 is 0 Å². The van der Waals surface area contributed by atoms with Crippen LogP contribution in [0.4, 0.5) is 17.1 Å². The molecule has 0 spiro atoms. The van der Waals surface area contributed by atoms with E-state index in [2.05, 4.69) is 15.3 Å². The first kappa shape index (κ1) is 20.7. The Kier molecular flexibility index (Phi) is 5.48. The number of benzene rings is 2. The number of aromatic nitrogens is 2. The van der Waals surface area contributed by atoms with Gasteiger partial charge in [0.25, 0.3) is 5.91 Å². The first-order chi connectivity index (χ1) is 16.0. The molecule has 0 saturated carbocycles. The summed E-state index contributed by atoms with van der Waals surface area (Å²) in [6.07, 6.45) is 4.31. The number of hydrogen-bond acceptors (Lipinski definition) is 5. The first-order valence-electron chi connectivity index (χ1n) is 10.9. The predicted molar refractivity (Wildman–Crippen MR) is 130 cm³/mol. The van der Waals surface area contributed by atoms with Crippen LogP contribution in [-0.4, -0.2) is 22.4 Å². The number of carbonyl (C=O) groups excluding carboxylic acids is 1. The minimum absolute atomic E-state index is 0.00141. The zero-order chi connectivity index (χ0) is 22.8. The van der Waals surface area contributed by atoms with E-state index in [0.717, 1.165) is 51.9 Å². The van der Waals surface area contributed by atoms with Gasteiger partial charge in [-0.1, -0.05) is 0 Å². The van der Waals surface area contributed by atoms with Crippen molar-refractivity contribution in [3.63, 3.8) is 0 Å². The smallest absolute Gasteiger partial charge is 0.258 e. The van der Waals surface area contributed by atoms with Crippen molar-refractivity contribution >= 4 is 23.0 Å². The Morgan fingerprint density at radius 2 is 1.58 bits per heavy atom. The van der Waals surface area contributed by atoms with Gasteiger partial charge < -0.3 is 15.0 Å². The van der Waals surface area contributed by atoms with Gasteiger partial charge in [0.1, 0.15) is 11.5 Å². The highest BCUT2D eigenvalue weighted by atomic mass is 16.5. The van der Waals surface area contributed by atoms with E-state index in [1.165, 1.54) is 0 Å². The number of nitrogens with zero attached hydrogens (tertiary/aromatic N) is 3. The lowest BCUT2D eigenvalue weighted by Crippen LogP contribution is -2.28. The molecule has 0 aliphatic carbocycles. The first-order valence-corrected chi connectivity index (χ1v) is 10.9. The second kappa shape index (κ2) is 8.74. The number of nitrogens with one attached hydrogen (secondary N) is 1. The Morgan fingerprint density at radius 1 is 0.848 bits per heavy atom. The lowest BCUT2D eigenvalue weighted by molar-refractivity contribution is 0.0989. The Bertz CT molecular complexity index is 1320. The lowest BCUT2D eigenvalue weighted by atomic mass is 10.1. The summed E-state index contributed by atoms with van der Waals surface area (Å²) in [6.45, 7) is 4.54. The molecular formula is C27H24N4O2. The Morgan fingerprint density at radius 3 is 2.33 bits per heavy atom. The molecule has 1 aliphatic rings. The van der Waals surface area contributed by atoms with E-state index in [0.29, 0.717) is 12.1 Å². The summed E-state index contributed by atoms with van der Waals surface area (Å²) in [6, 6.07) is 21.1. The van der Waals surface area contributed by atoms with Gasteiger partial charge in [-0.2, -0.15) is 0 Å². The highest BCUT2D eigenvalue weighted by Gasteiger charge is 2.26. The van der Waals surface area contributed by atoms with Crippen LogP contribution in [-0.2, 0) is 6.42 Å². The van der Waals surface area contributed by atoms with Gasteiger partial charge in [0.05, 0.1) is 0 Å². The van der Waals surface area contributed by atoms with Gasteiger partial charge in [-0.3, -0.25) is 14.8 Å². The van der Waals surface area contributed by atoms with E-state index >= 15 is 0 Å². The fourth-order valence-corrected chi connectivity index (χ4v) is 4.01. The zero-order valence-electron chi connectivity index (χ0n) is 18.6. The van der Waals surface area contributed by atoms with Crippen LogP contribution in [0.2, 0.25) is 0 Å². The predicted octanol–water partition coefficient (Wildman–Crippen LogP) is 5.83. The van der Waals surface area contributed by atoms with Gasteiger partial charge in [0.2, 0.25) is 0 Å². The minimum atomic E-state index is -0.00141. The molecule has 2 aromatic carbocycles. The maximum Gasteiger partial charge on any atom is 0.258 e. The standard InChI is InChI=1S/C27H24N4O2/c1-18-15-23(9-12-28-18)30-22-5-3-20(4-6-22)27(32)31-14-11-21-17-24(7-8-26(21)31)33-25-10-13-29-19(2)16-25/h3-10,12-13,15-17H,11,14H2,1-2H3,(H,28,30). The molecular weight excluding hydrogens is 412 g/mol. The minimum Gasteiger partial charge on any atom is -0.457 e. The van der Waals surface area contributed by atoms with Crippen molar-refractivity contribution in [3.05, 3.63) is 102 Å². The van der Waals surface area contributed by atoms with Gasteiger partial charge in [-0.15, -0.1) is 0 Å². The van der Waals surface area contributed by atoms with Crippen molar-refractivity contribution < 1.29 is 9.53 Å². The Balaban J connectivity index is 1.29. The molecule has 5 rings (SSSR count).